The van der Waals surface area contributed by atoms with Gasteiger partial charge in [-0.1, -0.05) is 18.7 Å². The Hall–Kier alpha value is -0.970. The maximum Gasteiger partial charge on any atom is 0.191 e. The molecular weight excluding hydrogens is 256 g/mol. The molecule has 19 heavy (non-hydrogen) atoms. The summed E-state index contributed by atoms with van der Waals surface area (Å²) in [7, 11) is 0. The molecule has 4 nitrogen and oxygen atoms in total. The van der Waals surface area contributed by atoms with Crippen molar-refractivity contribution in [3.8, 4) is 0 Å². The van der Waals surface area contributed by atoms with Crippen LogP contribution in [0.15, 0.2) is 11.2 Å². The molecule has 0 spiro atoms. The van der Waals surface area contributed by atoms with Crippen molar-refractivity contribution in [2.24, 2.45) is 0 Å². The van der Waals surface area contributed by atoms with Gasteiger partial charge < -0.3 is 10.2 Å². The topological polar surface area (TPSA) is 41.0 Å². The third-order valence-corrected chi connectivity index (χ3v) is 4.30. The van der Waals surface area contributed by atoms with Gasteiger partial charge in [-0.2, -0.15) is 0 Å². The Labute approximate surface area is 120 Å². The highest BCUT2D eigenvalue weighted by atomic mass is 32.2. The number of anilines is 2. The third-order valence-electron chi connectivity index (χ3n) is 3.75. The van der Waals surface area contributed by atoms with Crippen LogP contribution in [0.3, 0.4) is 0 Å². The predicted molar refractivity (Wildman–Crippen MR) is 83.2 cm³/mol. The second-order valence-corrected chi connectivity index (χ2v) is 5.80. The quantitative estimate of drug-likeness (QED) is 0.661. The molecule has 0 amide bonds. The first-order valence-electron chi connectivity index (χ1n) is 7.14. The number of hydrogen-bond donors (Lipinski definition) is 1. The van der Waals surface area contributed by atoms with Crippen LogP contribution in [0.25, 0.3) is 0 Å². The van der Waals surface area contributed by atoms with E-state index in [2.05, 4.69) is 42.0 Å². The maximum atomic E-state index is 4.70. The van der Waals surface area contributed by atoms with Crippen LogP contribution in [-0.2, 0) is 0 Å². The van der Waals surface area contributed by atoms with Crippen LogP contribution in [-0.4, -0.2) is 34.9 Å². The van der Waals surface area contributed by atoms with Crippen molar-refractivity contribution in [3.05, 3.63) is 6.07 Å². The lowest BCUT2D eigenvalue weighted by Gasteiger charge is -2.29. The van der Waals surface area contributed by atoms with E-state index in [-0.39, 0.29) is 0 Å². The Balaban J connectivity index is 2.34. The summed E-state index contributed by atoms with van der Waals surface area (Å²) in [4.78, 5) is 11.7. The summed E-state index contributed by atoms with van der Waals surface area (Å²) < 4.78 is 0. The van der Waals surface area contributed by atoms with Crippen LogP contribution in [0.1, 0.15) is 40.0 Å². The Bertz CT molecular complexity index is 424. The average Bonchev–Trinajstić information content (AvgIpc) is 2.79. The standard InChI is InChI=1S/C14H24N4S/c1-5-11-8-7-10(3)18(11)13-9-12(15-6-2)16-14(17-13)19-4/h9-11H,5-8H2,1-4H3,(H,15,16,17). The maximum absolute atomic E-state index is 4.70. The summed E-state index contributed by atoms with van der Waals surface area (Å²) in [5.41, 5.74) is 0. The van der Waals surface area contributed by atoms with E-state index < -0.39 is 0 Å². The highest BCUT2D eigenvalue weighted by Crippen LogP contribution is 2.32. The van der Waals surface area contributed by atoms with Crippen LogP contribution < -0.4 is 10.2 Å². The molecule has 0 aromatic carbocycles. The van der Waals surface area contributed by atoms with Gasteiger partial charge >= 0.3 is 0 Å². The molecule has 2 heterocycles. The van der Waals surface area contributed by atoms with E-state index >= 15 is 0 Å². The minimum absolute atomic E-state index is 0.573. The molecule has 1 aliphatic heterocycles. The molecule has 5 heteroatoms. The largest absolute Gasteiger partial charge is 0.370 e. The van der Waals surface area contributed by atoms with E-state index in [0.29, 0.717) is 12.1 Å². The molecule has 1 aromatic rings. The first-order valence-corrected chi connectivity index (χ1v) is 8.37. The molecule has 1 fully saturated rings. The smallest absolute Gasteiger partial charge is 0.191 e. The van der Waals surface area contributed by atoms with E-state index in [0.717, 1.165) is 23.3 Å². The van der Waals surface area contributed by atoms with Gasteiger partial charge in [-0.3, -0.25) is 0 Å². The number of rotatable bonds is 5. The Morgan fingerprint density at radius 1 is 1.37 bits per heavy atom. The van der Waals surface area contributed by atoms with Crippen molar-refractivity contribution in [2.75, 3.05) is 23.0 Å². The number of thioether (sulfide) groups is 1. The Morgan fingerprint density at radius 2 is 2.16 bits per heavy atom. The molecule has 1 N–H and O–H groups in total. The van der Waals surface area contributed by atoms with E-state index in [1.165, 1.54) is 19.3 Å². The zero-order valence-corrected chi connectivity index (χ0v) is 13.1. The van der Waals surface area contributed by atoms with Crippen molar-refractivity contribution in [1.29, 1.82) is 0 Å². The minimum atomic E-state index is 0.573. The van der Waals surface area contributed by atoms with Crippen molar-refractivity contribution < 1.29 is 0 Å². The van der Waals surface area contributed by atoms with E-state index in [4.69, 9.17) is 4.98 Å². The molecular formula is C14H24N4S. The van der Waals surface area contributed by atoms with Gasteiger partial charge in [0.2, 0.25) is 0 Å². The second-order valence-electron chi connectivity index (χ2n) is 5.02. The van der Waals surface area contributed by atoms with Gasteiger partial charge in [0.1, 0.15) is 11.6 Å². The lowest BCUT2D eigenvalue weighted by molar-refractivity contribution is 0.617. The molecule has 1 aromatic heterocycles. The van der Waals surface area contributed by atoms with Crippen LogP contribution in [0.4, 0.5) is 11.6 Å². The Kier molecular flexibility index (Phi) is 4.91. The summed E-state index contributed by atoms with van der Waals surface area (Å²) in [5, 5.41) is 4.15. The van der Waals surface area contributed by atoms with Gasteiger partial charge in [-0.25, -0.2) is 9.97 Å². The molecule has 1 saturated heterocycles. The fourth-order valence-electron chi connectivity index (χ4n) is 2.79. The van der Waals surface area contributed by atoms with E-state index in [1.807, 2.05) is 6.26 Å². The molecule has 2 rings (SSSR count). The monoisotopic (exact) mass is 280 g/mol. The number of hydrogen-bond acceptors (Lipinski definition) is 5. The first kappa shape index (κ1) is 14.4. The van der Waals surface area contributed by atoms with Crippen molar-refractivity contribution in [3.63, 3.8) is 0 Å². The fourth-order valence-corrected chi connectivity index (χ4v) is 3.17. The average molecular weight is 280 g/mol. The molecule has 0 radical (unpaired) electrons. The van der Waals surface area contributed by atoms with Crippen LogP contribution in [0.5, 0.6) is 0 Å². The zero-order valence-electron chi connectivity index (χ0n) is 12.3. The summed E-state index contributed by atoms with van der Waals surface area (Å²) in [6.45, 7) is 7.53. The predicted octanol–water partition coefficient (Wildman–Crippen LogP) is 3.40. The normalized spacial score (nSPS) is 22.8. The summed E-state index contributed by atoms with van der Waals surface area (Å²) in [6, 6.07) is 3.28. The van der Waals surface area contributed by atoms with Gasteiger partial charge in [-0.05, 0) is 39.4 Å². The van der Waals surface area contributed by atoms with Gasteiger partial charge in [0.05, 0.1) is 0 Å². The summed E-state index contributed by atoms with van der Waals surface area (Å²) in [5.74, 6) is 2.01. The third kappa shape index (κ3) is 3.14. The molecule has 1 aliphatic rings. The molecule has 2 atom stereocenters. The van der Waals surface area contributed by atoms with Crippen molar-refractivity contribution >= 4 is 23.4 Å². The number of nitrogens with zero attached hydrogens (tertiary/aromatic N) is 3. The second kappa shape index (κ2) is 6.46. The highest BCUT2D eigenvalue weighted by Gasteiger charge is 2.30. The van der Waals surface area contributed by atoms with Gasteiger partial charge in [0, 0.05) is 24.7 Å². The van der Waals surface area contributed by atoms with Crippen molar-refractivity contribution in [2.45, 2.75) is 57.3 Å². The van der Waals surface area contributed by atoms with Gasteiger partial charge in [0.25, 0.3) is 0 Å². The lowest BCUT2D eigenvalue weighted by Crippen LogP contribution is -2.35. The van der Waals surface area contributed by atoms with Crippen LogP contribution in [0.2, 0.25) is 0 Å². The molecule has 0 aliphatic carbocycles. The number of aromatic nitrogens is 2. The minimum Gasteiger partial charge on any atom is -0.370 e. The zero-order chi connectivity index (χ0) is 13.8. The van der Waals surface area contributed by atoms with Gasteiger partial charge in [0.15, 0.2) is 5.16 Å². The summed E-state index contributed by atoms with van der Waals surface area (Å²) >= 11 is 1.60. The van der Waals surface area contributed by atoms with E-state index in [9.17, 15) is 0 Å². The molecule has 0 bridgehead atoms. The summed E-state index contributed by atoms with van der Waals surface area (Å²) in [6.07, 6.45) is 5.74. The Morgan fingerprint density at radius 3 is 2.79 bits per heavy atom. The molecule has 0 saturated carbocycles. The molecule has 106 valence electrons. The lowest BCUT2D eigenvalue weighted by atomic mass is 10.1. The van der Waals surface area contributed by atoms with Crippen LogP contribution in [0, 0.1) is 0 Å². The molecule has 2 unspecified atom stereocenters. The van der Waals surface area contributed by atoms with E-state index in [1.54, 1.807) is 11.8 Å². The fraction of sp³-hybridized carbons (Fsp3) is 0.714. The first-order chi connectivity index (χ1) is 9.19. The SMILES string of the molecule is CCNc1cc(N2C(C)CCC2CC)nc(SC)n1. The van der Waals surface area contributed by atoms with Crippen LogP contribution >= 0.6 is 11.8 Å². The van der Waals surface area contributed by atoms with Crippen molar-refractivity contribution in [1.82, 2.24) is 9.97 Å². The number of nitrogens with one attached hydrogen (secondary N) is 1. The highest BCUT2D eigenvalue weighted by molar-refractivity contribution is 7.98. The van der Waals surface area contributed by atoms with Gasteiger partial charge in [-0.15, -0.1) is 0 Å².